The van der Waals surface area contributed by atoms with Crippen LogP contribution in [0.3, 0.4) is 0 Å². The summed E-state index contributed by atoms with van der Waals surface area (Å²) in [4.78, 5) is 38.0. The van der Waals surface area contributed by atoms with Gasteiger partial charge in [-0.2, -0.15) is 0 Å². The van der Waals surface area contributed by atoms with Crippen LogP contribution in [0.15, 0.2) is 0 Å². The lowest BCUT2D eigenvalue weighted by Gasteiger charge is -2.50. The average molecular weight is 1410 g/mol. The summed E-state index contributed by atoms with van der Waals surface area (Å²) in [5.74, 6) is -2.68. The first-order valence-electron chi connectivity index (χ1n) is 30.8. The van der Waals surface area contributed by atoms with Crippen LogP contribution >= 0.6 is 0 Å². The van der Waals surface area contributed by atoms with Crippen molar-refractivity contribution in [2.45, 2.75) is 274 Å². The second-order valence-corrected chi connectivity index (χ2v) is 24.4. The number of nitrogens with one attached hydrogen (secondary N) is 3. The fraction of sp³-hybridized carbons (Fsp3) is 0.944. The zero-order valence-electron chi connectivity index (χ0n) is 52.2. The van der Waals surface area contributed by atoms with Gasteiger partial charge in [0.1, 0.15) is 177 Å². The van der Waals surface area contributed by atoms with Gasteiger partial charge in [-0.25, -0.2) is 0 Å². The Labute approximate surface area is 545 Å². The zero-order chi connectivity index (χ0) is 71.2. The van der Waals surface area contributed by atoms with Crippen molar-refractivity contribution in [3.63, 3.8) is 0 Å². The molecule has 0 aromatic heterocycles. The lowest BCUT2D eigenvalue weighted by atomic mass is 9.94. The number of carbonyl (C=O) groups excluding carboxylic acids is 3. The summed E-state index contributed by atoms with van der Waals surface area (Å²) >= 11 is 0. The number of aliphatic hydroxyl groups is 22. The molecule has 0 spiro atoms. The van der Waals surface area contributed by atoms with E-state index < -0.39 is 303 Å². The highest BCUT2D eigenvalue weighted by molar-refractivity contribution is 5.74. The first kappa shape index (κ1) is 80.3. The fourth-order valence-electron chi connectivity index (χ4n) is 12.1. The number of rotatable bonds is 27. The summed E-state index contributed by atoms with van der Waals surface area (Å²) in [5.41, 5.74) is 0. The van der Waals surface area contributed by atoms with Crippen molar-refractivity contribution in [3.05, 3.63) is 0 Å². The summed E-state index contributed by atoms with van der Waals surface area (Å²) in [6, 6.07) is -5.45. The van der Waals surface area contributed by atoms with E-state index in [1.165, 1.54) is 13.8 Å². The van der Waals surface area contributed by atoms with E-state index in [9.17, 15) is 127 Å². The van der Waals surface area contributed by atoms with Gasteiger partial charge in [-0.3, -0.25) is 14.4 Å². The number of aliphatic hydroxyl groups excluding tert-OH is 22. The van der Waals surface area contributed by atoms with E-state index in [4.69, 9.17) is 66.3 Å². The van der Waals surface area contributed by atoms with E-state index in [1.807, 2.05) is 0 Å². The number of hydrogen-bond donors (Lipinski definition) is 25. The molecule has 42 nitrogen and oxygen atoms in total. The molecule has 0 aliphatic carbocycles. The molecule has 39 atom stereocenters. The Kier molecular flexibility index (Phi) is 29.5. The van der Waals surface area contributed by atoms with E-state index in [2.05, 4.69) is 16.0 Å². The third-order valence-corrected chi connectivity index (χ3v) is 17.4. The highest BCUT2D eigenvalue weighted by Crippen LogP contribution is 2.38. The minimum atomic E-state index is -2.41. The Balaban J connectivity index is 1.09. The topological polar surface area (TPSA) is 662 Å². The van der Waals surface area contributed by atoms with Crippen molar-refractivity contribution in [1.29, 1.82) is 0 Å². The minimum Gasteiger partial charge on any atom is -0.394 e. The van der Waals surface area contributed by atoms with Crippen molar-refractivity contribution in [3.8, 4) is 0 Å². The van der Waals surface area contributed by atoms with Gasteiger partial charge in [0.2, 0.25) is 17.7 Å². The SMILES string of the molecule is CC(=O)N[C@H]1[C@H](OC[C@@H](O)[C@H](O)[C@H](O[C@@H]2O[C@H](CO)[C@H](O)[C@H](O[C@@H]3O[C@H](CO)[C@@H](O[C@@H]4O[C@H](CO)[C@H](O)[C@H](O)[C@H]4O[C@@H]4O[C@@H](C)[C@@H](O)[C@@H](O)[C@@H]4O)[C@H](O)[C@H]3NC(C)=O)[C@H]2O)[C@H](CO)NC(C)=O)O[C@H](CO)[C@@H](O[C@@H]2O[C@H](CO)[C@H](O)[C@H](O)[C@H]2O[C@@H]2O[C@@H](C)[C@@H](O)[C@@H](O)[C@@H]2O)[C@@H]1O. The predicted octanol–water partition coefficient (Wildman–Crippen LogP) is -16.3. The normalized spacial score (nSPS) is 46.8. The quantitative estimate of drug-likeness (QED) is 0.0363. The lowest BCUT2D eigenvalue weighted by molar-refractivity contribution is -0.389. The molecule has 0 saturated carbocycles. The second-order valence-electron chi connectivity index (χ2n) is 24.4. The first-order chi connectivity index (χ1) is 45.3. The number of carbonyl (C=O) groups is 3. The summed E-state index contributed by atoms with van der Waals surface area (Å²) in [7, 11) is 0. The third kappa shape index (κ3) is 18.1. The molecule has 42 heteroatoms. The summed E-state index contributed by atoms with van der Waals surface area (Å²) in [6.07, 6.45) is -69.4. The number of ether oxygens (including phenoxy) is 14. The Morgan fingerprint density at radius 1 is 0.375 bits per heavy atom. The Morgan fingerprint density at radius 2 is 0.750 bits per heavy atom. The highest BCUT2D eigenvalue weighted by atomic mass is 16.8. The zero-order valence-corrected chi connectivity index (χ0v) is 52.2. The molecule has 0 bridgehead atoms. The van der Waals surface area contributed by atoms with Crippen molar-refractivity contribution >= 4 is 17.7 Å². The molecule has 558 valence electrons. The van der Waals surface area contributed by atoms with Gasteiger partial charge in [0, 0.05) is 20.8 Å². The van der Waals surface area contributed by atoms with Crippen LogP contribution in [-0.4, -0.2) is 415 Å². The molecule has 7 aliphatic rings. The van der Waals surface area contributed by atoms with Crippen LogP contribution in [0.5, 0.6) is 0 Å². The molecule has 0 radical (unpaired) electrons. The Hall–Kier alpha value is -3.03. The van der Waals surface area contributed by atoms with Gasteiger partial charge in [0.25, 0.3) is 0 Å². The minimum absolute atomic E-state index is 0.872. The van der Waals surface area contributed by atoms with E-state index in [0.29, 0.717) is 0 Å². The molecule has 96 heavy (non-hydrogen) atoms. The van der Waals surface area contributed by atoms with Gasteiger partial charge in [-0.05, 0) is 13.8 Å². The van der Waals surface area contributed by atoms with Gasteiger partial charge < -0.3 is 195 Å². The molecule has 7 saturated heterocycles. The van der Waals surface area contributed by atoms with E-state index in [0.717, 1.165) is 20.8 Å². The molecule has 0 aromatic carbocycles. The van der Waals surface area contributed by atoms with Gasteiger partial charge in [-0.15, -0.1) is 0 Å². The fourth-order valence-corrected chi connectivity index (χ4v) is 12.1. The molecule has 7 rings (SSSR count). The standard InChI is InChI=1S/C54H93N3O39/c1-13-27(68)35(76)39(80)50(84-13)95-46-37(78)30(71)20(7-59)87-53(46)92-43-23(10-62)89-48(25(33(43)74)56-16(4)65)83-12-19(67)29(70)42(18(6-58)55-15(3)64)91-52-41(82)45(32(73)22(9-61)86-52)94-49-26(57-17(5)66)34(75)44(24(11-63)90-49)93-54-47(38(79)31(72)21(8-60)88-54)96-51-40(81)36(77)28(69)14(2)85-51/h13-14,18-54,58-63,67-82H,6-12H2,1-5H3,(H,55,64)(H,56,65)(H,57,66)/t13-,14-,18-,19+,20+,21+,22+,23+,24+,25+,26+,27+,28+,29-,30-,31-,32-,33+,34+,35+,36+,37-,38-,39-,40-,41+,42+,43+,44+,45-,46+,47+,48+,49-,50-,51-,52-,53-,54-/m0/s1. The van der Waals surface area contributed by atoms with Crippen LogP contribution in [0.2, 0.25) is 0 Å². The van der Waals surface area contributed by atoms with Crippen molar-refractivity contribution in [2.24, 2.45) is 0 Å². The Bertz CT molecular complexity index is 2420. The molecule has 7 aliphatic heterocycles. The van der Waals surface area contributed by atoms with E-state index >= 15 is 0 Å². The van der Waals surface area contributed by atoms with Crippen LogP contribution in [0.25, 0.3) is 0 Å². The van der Waals surface area contributed by atoms with E-state index in [1.54, 1.807) is 0 Å². The molecule has 0 aromatic rings. The molecule has 7 fully saturated rings. The van der Waals surface area contributed by atoms with Crippen molar-refractivity contribution in [1.82, 2.24) is 16.0 Å². The summed E-state index contributed by atoms with van der Waals surface area (Å²) in [6.45, 7) is -1.97. The first-order valence-corrected chi connectivity index (χ1v) is 30.8. The molecule has 3 amide bonds. The highest BCUT2D eigenvalue weighted by Gasteiger charge is 2.59. The lowest BCUT2D eigenvalue weighted by Crippen LogP contribution is -2.70. The average Bonchev–Trinajstić information content (AvgIpc) is 0.782. The van der Waals surface area contributed by atoms with Crippen molar-refractivity contribution in [2.75, 3.05) is 46.2 Å². The van der Waals surface area contributed by atoms with Crippen LogP contribution in [-0.2, 0) is 80.7 Å². The third-order valence-electron chi connectivity index (χ3n) is 17.4. The maximum atomic E-state index is 12.8. The molecular formula is C54H93N3O39. The molecule has 0 unspecified atom stereocenters. The maximum Gasteiger partial charge on any atom is 0.217 e. The van der Waals surface area contributed by atoms with Gasteiger partial charge in [0.05, 0.1) is 64.5 Å². The van der Waals surface area contributed by atoms with Crippen molar-refractivity contribution < 1.29 is 193 Å². The largest absolute Gasteiger partial charge is 0.394 e. The van der Waals surface area contributed by atoms with Gasteiger partial charge >= 0.3 is 0 Å². The smallest absolute Gasteiger partial charge is 0.217 e. The molecule has 7 heterocycles. The molecule has 25 N–H and O–H groups in total. The number of amides is 3. The Morgan fingerprint density at radius 3 is 1.16 bits per heavy atom. The maximum absolute atomic E-state index is 12.8. The van der Waals surface area contributed by atoms with E-state index in [-0.39, 0.29) is 0 Å². The van der Waals surface area contributed by atoms with Crippen LogP contribution < -0.4 is 16.0 Å². The summed E-state index contributed by atoms with van der Waals surface area (Å²) < 4.78 is 81.1. The van der Waals surface area contributed by atoms with Gasteiger partial charge in [0.15, 0.2) is 44.0 Å². The molecular weight excluding hydrogens is 1310 g/mol. The van der Waals surface area contributed by atoms with Crippen LogP contribution in [0.4, 0.5) is 0 Å². The predicted molar refractivity (Wildman–Crippen MR) is 299 cm³/mol. The van der Waals surface area contributed by atoms with Crippen LogP contribution in [0, 0.1) is 0 Å². The monoisotopic (exact) mass is 1410 g/mol. The van der Waals surface area contributed by atoms with Crippen LogP contribution in [0.1, 0.15) is 34.6 Å². The van der Waals surface area contributed by atoms with Gasteiger partial charge in [-0.1, -0.05) is 0 Å². The second kappa shape index (κ2) is 35.2. The number of hydrogen-bond acceptors (Lipinski definition) is 39. The summed E-state index contributed by atoms with van der Waals surface area (Å²) in [5, 5.41) is 247.